The van der Waals surface area contributed by atoms with Crippen molar-refractivity contribution in [3.63, 3.8) is 0 Å². The van der Waals surface area contributed by atoms with Crippen molar-refractivity contribution in [2.75, 3.05) is 32.8 Å². The van der Waals surface area contributed by atoms with Crippen molar-refractivity contribution in [3.8, 4) is 22.9 Å². The third-order valence-corrected chi connectivity index (χ3v) is 6.16. The first-order valence-corrected chi connectivity index (χ1v) is 13.2. The lowest BCUT2D eigenvalue weighted by atomic mass is 10.1. The normalized spacial score (nSPS) is 14.3. The average molecular weight is 530 g/mol. The number of pyridine rings is 1. The molecule has 1 saturated heterocycles. The molecule has 196 valence electrons. The number of carbonyl (C=O) groups is 2. The number of hydrogen-bond acceptors (Lipinski definition) is 9. The van der Waals surface area contributed by atoms with Crippen LogP contribution in [0.2, 0.25) is 0 Å². The topological polar surface area (TPSA) is 153 Å². The van der Waals surface area contributed by atoms with Crippen LogP contribution >= 0.6 is 7.82 Å². The molecular formula is C24H27N4O8P. The van der Waals surface area contributed by atoms with E-state index < -0.39 is 7.82 Å². The Balaban J connectivity index is 1.48. The average Bonchev–Trinajstić information content (AvgIpc) is 3.37. The lowest BCUT2D eigenvalue weighted by molar-refractivity contribution is 0.0369. The molecule has 3 heterocycles. The maximum atomic E-state index is 12.9. The SMILES string of the molecule is O=Cc1c(OCc2cccnc2-c2ccnn2C(=O)CCCN2CCOCC2)cccc1OP(=O)(O)O. The van der Waals surface area contributed by atoms with Crippen LogP contribution in [0.4, 0.5) is 0 Å². The van der Waals surface area contributed by atoms with Crippen LogP contribution in [0.25, 0.3) is 11.4 Å². The Morgan fingerprint density at radius 1 is 1.11 bits per heavy atom. The molecule has 1 aromatic carbocycles. The van der Waals surface area contributed by atoms with Gasteiger partial charge in [0.25, 0.3) is 0 Å². The summed E-state index contributed by atoms with van der Waals surface area (Å²) >= 11 is 0. The second kappa shape index (κ2) is 12.2. The molecule has 0 radical (unpaired) electrons. The summed E-state index contributed by atoms with van der Waals surface area (Å²) < 4.78 is 28.3. The molecule has 37 heavy (non-hydrogen) atoms. The Kier molecular flexibility index (Phi) is 8.80. The minimum atomic E-state index is -4.87. The fourth-order valence-electron chi connectivity index (χ4n) is 3.98. The van der Waals surface area contributed by atoms with Gasteiger partial charge >= 0.3 is 7.82 Å². The summed E-state index contributed by atoms with van der Waals surface area (Å²) in [7, 11) is -4.87. The maximum Gasteiger partial charge on any atom is 0.524 e. The van der Waals surface area contributed by atoms with E-state index in [2.05, 4.69) is 19.5 Å². The van der Waals surface area contributed by atoms with Crippen LogP contribution in [-0.2, 0) is 15.9 Å². The number of phosphoric ester groups is 1. The lowest BCUT2D eigenvalue weighted by Crippen LogP contribution is -2.37. The van der Waals surface area contributed by atoms with E-state index in [1.807, 2.05) is 0 Å². The van der Waals surface area contributed by atoms with E-state index in [-0.39, 0.29) is 29.6 Å². The summed E-state index contributed by atoms with van der Waals surface area (Å²) in [5.74, 6) is -0.382. The van der Waals surface area contributed by atoms with E-state index in [4.69, 9.17) is 19.3 Å². The van der Waals surface area contributed by atoms with Gasteiger partial charge in [0, 0.05) is 31.3 Å². The van der Waals surface area contributed by atoms with Crippen molar-refractivity contribution in [1.29, 1.82) is 0 Å². The van der Waals surface area contributed by atoms with Crippen molar-refractivity contribution in [2.24, 2.45) is 0 Å². The number of benzene rings is 1. The molecule has 4 rings (SSSR count). The summed E-state index contributed by atoms with van der Waals surface area (Å²) in [5.41, 5.74) is 1.46. The van der Waals surface area contributed by atoms with Gasteiger partial charge in [0.2, 0.25) is 5.91 Å². The molecule has 2 aromatic heterocycles. The largest absolute Gasteiger partial charge is 0.524 e. The first kappa shape index (κ1) is 26.6. The molecule has 2 N–H and O–H groups in total. The molecule has 0 unspecified atom stereocenters. The zero-order valence-electron chi connectivity index (χ0n) is 19.9. The van der Waals surface area contributed by atoms with Gasteiger partial charge in [0.15, 0.2) is 6.29 Å². The Morgan fingerprint density at radius 3 is 2.65 bits per heavy atom. The van der Waals surface area contributed by atoms with Crippen molar-refractivity contribution >= 4 is 20.0 Å². The van der Waals surface area contributed by atoms with Crippen molar-refractivity contribution in [2.45, 2.75) is 19.4 Å². The molecule has 13 heteroatoms. The summed E-state index contributed by atoms with van der Waals surface area (Å²) in [6.45, 7) is 3.89. The number of phosphoric acid groups is 1. The molecule has 1 aliphatic heterocycles. The van der Waals surface area contributed by atoms with Gasteiger partial charge < -0.3 is 14.0 Å². The number of rotatable bonds is 11. The van der Waals surface area contributed by atoms with Gasteiger partial charge in [-0.1, -0.05) is 12.1 Å². The number of ether oxygens (including phenoxy) is 2. The van der Waals surface area contributed by atoms with E-state index in [1.165, 1.54) is 29.1 Å². The molecule has 0 amide bonds. The second-order valence-corrected chi connectivity index (χ2v) is 9.41. The Bertz CT molecular complexity index is 1290. The minimum absolute atomic E-state index is 0.0419. The van der Waals surface area contributed by atoms with Crippen LogP contribution in [0.1, 0.15) is 33.6 Å². The first-order chi connectivity index (χ1) is 17.9. The summed E-state index contributed by atoms with van der Waals surface area (Å²) in [6.07, 6.45) is 4.53. The molecule has 12 nitrogen and oxygen atoms in total. The smallest absolute Gasteiger partial charge is 0.488 e. The fourth-order valence-corrected chi connectivity index (χ4v) is 4.40. The zero-order valence-corrected chi connectivity index (χ0v) is 20.8. The van der Waals surface area contributed by atoms with E-state index in [0.29, 0.717) is 49.3 Å². The van der Waals surface area contributed by atoms with Crippen LogP contribution in [0.3, 0.4) is 0 Å². The highest BCUT2D eigenvalue weighted by Crippen LogP contribution is 2.41. The van der Waals surface area contributed by atoms with E-state index in [0.717, 1.165) is 19.6 Å². The van der Waals surface area contributed by atoms with Gasteiger partial charge in [0.05, 0.1) is 36.4 Å². The number of aromatic nitrogens is 3. The number of aldehydes is 1. The number of morpholine rings is 1. The maximum absolute atomic E-state index is 12.9. The van der Waals surface area contributed by atoms with Gasteiger partial charge in [0.1, 0.15) is 18.1 Å². The highest BCUT2D eigenvalue weighted by Gasteiger charge is 2.21. The van der Waals surface area contributed by atoms with Gasteiger partial charge in [-0.25, -0.2) is 4.57 Å². The second-order valence-electron chi connectivity index (χ2n) is 8.25. The van der Waals surface area contributed by atoms with Gasteiger partial charge in [-0.05, 0) is 37.2 Å². The lowest BCUT2D eigenvalue weighted by Gasteiger charge is -2.26. The number of nitrogens with zero attached hydrogens (tertiary/aromatic N) is 4. The standard InChI is InChI=1S/C24H27N4O8P/c29-16-19-21(5-1-6-22(19)36-37(31,32)33)35-17-18-4-2-9-25-24(18)20-8-10-26-28(20)23(30)7-3-11-27-12-14-34-15-13-27/h1-2,4-6,8-10,16H,3,7,11-15,17H2,(H2,31,32,33). The van der Waals surface area contributed by atoms with E-state index in [1.54, 1.807) is 24.4 Å². The fraction of sp³-hybridized carbons (Fsp3) is 0.333. The molecule has 0 saturated carbocycles. The summed E-state index contributed by atoms with van der Waals surface area (Å²) in [6, 6.07) is 9.35. The summed E-state index contributed by atoms with van der Waals surface area (Å²) in [4.78, 5) is 49.5. The Hall–Kier alpha value is -3.41. The molecule has 0 bridgehead atoms. The molecule has 1 fully saturated rings. The third kappa shape index (κ3) is 7.09. The van der Waals surface area contributed by atoms with Gasteiger partial charge in [-0.15, -0.1) is 0 Å². The van der Waals surface area contributed by atoms with Gasteiger partial charge in [-0.2, -0.15) is 9.78 Å². The van der Waals surface area contributed by atoms with Crippen molar-refractivity contribution < 1.29 is 37.9 Å². The van der Waals surface area contributed by atoms with Crippen LogP contribution in [0.15, 0.2) is 48.8 Å². The summed E-state index contributed by atoms with van der Waals surface area (Å²) in [5, 5.41) is 4.21. The molecule has 0 spiro atoms. The minimum Gasteiger partial charge on any atom is -0.488 e. The van der Waals surface area contributed by atoms with Crippen LogP contribution in [0.5, 0.6) is 11.5 Å². The highest BCUT2D eigenvalue weighted by atomic mass is 31.2. The number of hydrogen-bond donors (Lipinski definition) is 2. The monoisotopic (exact) mass is 530 g/mol. The van der Waals surface area contributed by atoms with Crippen LogP contribution < -0.4 is 9.26 Å². The first-order valence-electron chi connectivity index (χ1n) is 11.6. The molecule has 0 aliphatic carbocycles. The zero-order chi connectivity index (χ0) is 26.3. The molecule has 0 atom stereocenters. The van der Waals surface area contributed by atoms with Gasteiger partial charge in [-0.3, -0.25) is 29.3 Å². The third-order valence-electron chi connectivity index (χ3n) is 5.73. The Labute approximate surface area is 213 Å². The highest BCUT2D eigenvalue weighted by molar-refractivity contribution is 7.46. The van der Waals surface area contributed by atoms with Crippen LogP contribution in [0, 0.1) is 0 Å². The predicted octanol–water partition coefficient (Wildman–Crippen LogP) is 2.56. The molecular weight excluding hydrogens is 503 g/mol. The van der Waals surface area contributed by atoms with Crippen LogP contribution in [-0.4, -0.2) is 74.5 Å². The van der Waals surface area contributed by atoms with E-state index in [9.17, 15) is 14.2 Å². The Morgan fingerprint density at radius 2 is 1.89 bits per heavy atom. The van der Waals surface area contributed by atoms with Crippen molar-refractivity contribution in [1.82, 2.24) is 19.7 Å². The molecule has 1 aliphatic rings. The number of carbonyl (C=O) groups excluding carboxylic acids is 2. The van der Waals surface area contributed by atoms with E-state index >= 15 is 0 Å². The molecule has 3 aromatic rings. The predicted molar refractivity (Wildman–Crippen MR) is 131 cm³/mol. The quantitative estimate of drug-likeness (QED) is 0.278. The van der Waals surface area contributed by atoms with Crippen molar-refractivity contribution in [3.05, 3.63) is 59.9 Å².